The number of aromatic hydroxyl groups is 1. The summed E-state index contributed by atoms with van der Waals surface area (Å²) < 4.78 is 40.0. The second kappa shape index (κ2) is 6.18. The minimum atomic E-state index is -4.37. The molecule has 0 heterocycles. The van der Waals surface area contributed by atoms with E-state index in [1.165, 1.54) is 36.2 Å². The number of hydrogen-bond acceptors (Lipinski definition) is 2. The monoisotopic (exact) mass is 295 g/mol. The molecule has 1 N–H and O–H groups in total. The Morgan fingerprint density at radius 3 is 2.29 bits per heavy atom. The van der Waals surface area contributed by atoms with E-state index in [-0.39, 0.29) is 17.9 Å². The van der Waals surface area contributed by atoms with Crippen LogP contribution in [0.3, 0.4) is 0 Å². The molecule has 0 aromatic heterocycles. The van der Waals surface area contributed by atoms with Crippen LogP contribution in [0.4, 0.5) is 13.2 Å². The lowest BCUT2D eigenvalue weighted by Crippen LogP contribution is -2.35. The molecule has 0 aliphatic heterocycles. The maximum Gasteiger partial charge on any atom is 0.408 e. The molecule has 0 fully saturated rings. The van der Waals surface area contributed by atoms with Gasteiger partial charge in [-0.05, 0) is 30.3 Å². The topological polar surface area (TPSA) is 23.5 Å². The molecule has 2 aromatic carbocycles. The van der Waals surface area contributed by atoms with Crippen LogP contribution >= 0.6 is 0 Å². The van der Waals surface area contributed by atoms with Gasteiger partial charge in [0.2, 0.25) is 0 Å². The highest BCUT2D eigenvalue weighted by Gasteiger charge is 2.43. The van der Waals surface area contributed by atoms with Crippen molar-refractivity contribution in [3.8, 4) is 5.75 Å². The van der Waals surface area contributed by atoms with Crippen molar-refractivity contribution < 1.29 is 18.3 Å². The molecule has 0 saturated heterocycles. The van der Waals surface area contributed by atoms with Crippen LogP contribution in [0.25, 0.3) is 0 Å². The maximum absolute atomic E-state index is 13.3. The number of phenolic OH excluding ortho intramolecular Hbond substituents is 1. The zero-order chi connectivity index (χ0) is 15.5. The van der Waals surface area contributed by atoms with E-state index in [1.807, 2.05) is 0 Å². The van der Waals surface area contributed by atoms with Gasteiger partial charge >= 0.3 is 6.18 Å². The first-order valence-corrected chi connectivity index (χ1v) is 6.48. The summed E-state index contributed by atoms with van der Waals surface area (Å²) in [5.41, 5.74) is 0.829. The van der Waals surface area contributed by atoms with Crippen molar-refractivity contribution in [1.82, 2.24) is 4.90 Å². The van der Waals surface area contributed by atoms with E-state index >= 15 is 0 Å². The molecule has 0 amide bonds. The third-order valence-corrected chi connectivity index (χ3v) is 3.21. The number of benzene rings is 2. The highest BCUT2D eigenvalue weighted by molar-refractivity contribution is 5.27. The van der Waals surface area contributed by atoms with Crippen molar-refractivity contribution in [2.24, 2.45) is 0 Å². The molecule has 0 bridgehead atoms. The smallest absolute Gasteiger partial charge is 0.408 e. The Kier molecular flexibility index (Phi) is 4.53. The standard InChI is InChI=1S/C16H16F3NO/c1-20(11-12-6-5-9-14(21)10-12)15(16(17,18)19)13-7-3-2-4-8-13/h2-10,15,21H,11H2,1H3/t15-/m0/s1. The molecule has 0 aliphatic carbocycles. The first kappa shape index (κ1) is 15.4. The number of rotatable bonds is 4. The molecular formula is C16H16F3NO. The van der Waals surface area contributed by atoms with Gasteiger partial charge in [-0.2, -0.15) is 13.2 Å². The van der Waals surface area contributed by atoms with E-state index in [9.17, 15) is 18.3 Å². The Labute approximate surface area is 121 Å². The summed E-state index contributed by atoms with van der Waals surface area (Å²) in [6.45, 7) is 0.0907. The van der Waals surface area contributed by atoms with Crippen LogP contribution in [0.2, 0.25) is 0 Å². The predicted octanol–water partition coefficient (Wildman–Crippen LogP) is 4.13. The number of hydrogen-bond donors (Lipinski definition) is 1. The fraction of sp³-hybridized carbons (Fsp3) is 0.250. The van der Waals surface area contributed by atoms with Gasteiger partial charge in [0, 0.05) is 6.54 Å². The lowest BCUT2D eigenvalue weighted by atomic mass is 10.0. The van der Waals surface area contributed by atoms with Crippen molar-refractivity contribution in [2.45, 2.75) is 18.8 Å². The van der Waals surface area contributed by atoms with E-state index in [4.69, 9.17) is 0 Å². The predicted molar refractivity (Wildman–Crippen MR) is 74.8 cm³/mol. The largest absolute Gasteiger partial charge is 0.508 e. The molecule has 2 rings (SSSR count). The van der Waals surface area contributed by atoms with Crippen molar-refractivity contribution >= 4 is 0 Å². The lowest BCUT2D eigenvalue weighted by Gasteiger charge is -2.30. The van der Waals surface area contributed by atoms with E-state index in [0.717, 1.165) is 0 Å². The molecule has 0 saturated carbocycles. The molecule has 112 valence electrons. The fourth-order valence-corrected chi connectivity index (χ4v) is 2.36. The highest BCUT2D eigenvalue weighted by atomic mass is 19.4. The zero-order valence-electron chi connectivity index (χ0n) is 11.5. The van der Waals surface area contributed by atoms with Crippen molar-refractivity contribution in [1.29, 1.82) is 0 Å². The molecule has 5 heteroatoms. The van der Waals surface area contributed by atoms with Crippen LogP contribution in [0, 0.1) is 0 Å². The zero-order valence-corrected chi connectivity index (χ0v) is 11.5. The minimum absolute atomic E-state index is 0.0455. The Balaban J connectivity index is 2.25. The van der Waals surface area contributed by atoms with Gasteiger partial charge < -0.3 is 5.11 Å². The summed E-state index contributed by atoms with van der Waals surface area (Å²) >= 11 is 0. The maximum atomic E-state index is 13.3. The number of phenols is 1. The second-order valence-electron chi connectivity index (χ2n) is 4.94. The molecule has 0 aliphatic rings. The Bertz CT molecular complexity index is 584. The van der Waals surface area contributed by atoms with Gasteiger partial charge in [0.25, 0.3) is 0 Å². The summed E-state index contributed by atoms with van der Waals surface area (Å²) in [7, 11) is 1.43. The molecule has 2 nitrogen and oxygen atoms in total. The van der Waals surface area contributed by atoms with Gasteiger partial charge in [0.15, 0.2) is 0 Å². The molecule has 2 aromatic rings. The Morgan fingerprint density at radius 2 is 1.71 bits per heavy atom. The van der Waals surface area contributed by atoms with E-state index in [2.05, 4.69) is 0 Å². The second-order valence-corrected chi connectivity index (χ2v) is 4.94. The van der Waals surface area contributed by atoms with Gasteiger partial charge in [-0.25, -0.2) is 0 Å². The van der Waals surface area contributed by atoms with E-state index in [0.29, 0.717) is 5.56 Å². The van der Waals surface area contributed by atoms with Gasteiger partial charge in [-0.3, -0.25) is 4.90 Å². The lowest BCUT2D eigenvalue weighted by molar-refractivity contribution is -0.184. The van der Waals surface area contributed by atoms with Crippen LogP contribution in [0.5, 0.6) is 5.75 Å². The normalized spacial score (nSPS) is 13.4. The van der Waals surface area contributed by atoms with Crippen molar-refractivity contribution in [3.63, 3.8) is 0 Å². The summed E-state index contributed by atoms with van der Waals surface area (Å²) in [5, 5.41) is 9.40. The Morgan fingerprint density at radius 1 is 1.05 bits per heavy atom. The molecule has 21 heavy (non-hydrogen) atoms. The number of alkyl halides is 3. The van der Waals surface area contributed by atoms with Gasteiger partial charge in [-0.1, -0.05) is 42.5 Å². The van der Waals surface area contributed by atoms with Gasteiger partial charge in [-0.15, -0.1) is 0 Å². The van der Waals surface area contributed by atoms with Crippen LogP contribution in [0.1, 0.15) is 17.2 Å². The third kappa shape index (κ3) is 3.98. The van der Waals surface area contributed by atoms with Crippen LogP contribution in [-0.4, -0.2) is 23.2 Å². The van der Waals surface area contributed by atoms with Crippen LogP contribution < -0.4 is 0 Å². The van der Waals surface area contributed by atoms with Gasteiger partial charge in [0.1, 0.15) is 11.8 Å². The number of halogens is 3. The van der Waals surface area contributed by atoms with Crippen LogP contribution in [0.15, 0.2) is 54.6 Å². The summed E-state index contributed by atoms with van der Waals surface area (Å²) in [6.07, 6.45) is -4.37. The molecule has 0 radical (unpaired) electrons. The summed E-state index contributed by atoms with van der Waals surface area (Å²) in [5.74, 6) is 0.0455. The third-order valence-electron chi connectivity index (χ3n) is 3.21. The Hall–Kier alpha value is -2.01. The number of nitrogens with zero attached hydrogens (tertiary/aromatic N) is 1. The van der Waals surface area contributed by atoms with Crippen LogP contribution in [-0.2, 0) is 6.54 Å². The molecule has 0 unspecified atom stereocenters. The average molecular weight is 295 g/mol. The SMILES string of the molecule is CN(Cc1cccc(O)c1)[C@@H](c1ccccc1)C(F)(F)F. The minimum Gasteiger partial charge on any atom is -0.508 e. The first-order chi connectivity index (χ1) is 9.88. The molecular weight excluding hydrogens is 279 g/mol. The van der Waals surface area contributed by atoms with Gasteiger partial charge in [0.05, 0.1) is 0 Å². The molecule has 0 spiro atoms. The van der Waals surface area contributed by atoms with Crippen molar-refractivity contribution in [2.75, 3.05) is 7.05 Å². The quantitative estimate of drug-likeness (QED) is 0.917. The fourth-order valence-electron chi connectivity index (χ4n) is 2.36. The summed E-state index contributed by atoms with van der Waals surface area (Å²) in [6, 6.07) is 12.4. The first-order valence-electron chi connectivity index (χ1n) is 6.48. The average Bonchev–Trinajstić information content (AvgIpc) is 2.38. The van der Waals surface area contributed by atoms with E-state index < -0.39 is 12.2 Å². The summed E-state index contributed by atoms with van der Waals surface area (Å²) in [4.78, 5) is 1.23. The highest BCUT2D eigenvalue weighted by Crippen LogP contribution is 2.37. The van der Waals surface area contributed by atoms with E-state index in [1.54, 1.807) is 30.3 Å². The molecule has 1 atom stereocenters. The van der Waals surface area contributed by atoms with Crippen molar-refractivity contribution in [3.05, 3.63) is 65.7 Å².